The first-order valence-electron chi connectivity index (χ1n) is 8.15. The van der Waals surface area contributed by atoms with Gasteiger partial charge in [0.05, 0.1) is 16.4 Å². The summed E-state index contributed by atoms with van der Waals surface area (Å²) in [5.74, 6) is 0. The zero-order valence-electron chi connectivity index (χ0n) is 14.2. The summed E-state index contributed by atoms with van der Waals surface area (Å²) < 4.78 is 1.98. The quantitative estimate of drug-likeness (QED) is 0.900. The van der Waals surface area contributed by atoms with Crippen LogP contribution >= 0.6 is 11.6 Å². The summed E-state index contributed by atoms with van der Waals surface area (Å²) >= 11 is 6.48. The minimum absolute atomic E-state index is 0.163. The molecule has 0 atom stereocenters. The Bertz CT molecular complexity index is 479. The highest BCUT2D eigenvalue weighted by molar-refractivity contribution is 6.31. The lowest BCUT2D eigenvalue weighted by atomic mass is 9.70. The second-order valence-electron chi connectivity index (χ2n) is 7.81. The molecule has 4 heteroatoms. The Hall–Kier alpha value is -0.540. The van der Waals surface area contributed by atoms with E-state index in [0.29, 0.717) is 5.41 Å². The van der Waals surface area contributed by atoms with Gasteiger partial charge in [-0.25, -0.2) is 0 Å². The number of rotatable bonds is 4. The Morgan fingerprint density at radius 3 is 2.33 bits per heavy atom. The van der Waals surface area contributed by atoms with E-state index in [1.165, 1.54) is 37.8 Å². The molecule has 120 valence electrons. The van der Waals surface area contributed by atoms with E-state index in [4.69, 9.17) is 11.6 Å². The van der Waals surface area contributed by atoms with Crippen LogP contribution < -0.4 is 5.32 Å². The van der Waals surface area contributed by atoms with Crippen molar-refractivity contribution in [3.05, 3.63) is 16.4 Å². The van der Waals surface area contributed by atoms with Crippen molar-refractivity contribution >= 4 is 11.6 Å². The molecule has 1 aliphatic carbocycles. The number of halogens is 1. The number of nitrogens with zero attached hydrogens (tertiary/aromatic N) is 2. The molecule has 1 aromatic heterocycles. The van der Waals surface area contributed by atoms with Gasteiger partial charge in [0.1, 0.15) is 0 Å². The fraction of sp³-hybridized carbons (Fsp3) is 0.824. The molecule has 2 rings (SSSR count). The molecule has 1 heterocycles. The Morgan fingerprint density at radius 2 is 1.86 bits per heavy atom. The topological polar surface area (TPSA) is 29.9 Å². The second kappa shape index (κ2) is 6.29. The van der Waals surface area contributed by atoms with Gasteiger partial charge in [0, 0.05) is 19.1 Å². The third-order valence-electron chi connectivity index (χ3n) is 4.71. The van der Waals surface area contributed by atoms with E-state index >= 15 is 0 Å². The highest BCUT2D eigenvalue weighted by Crippen LogP contribution is 2.40. The highest BCUT2D eigenvalue weighted by Gasteiger charge is 2.35. The normalized spacial score (nSPS) is 19.0. The van der Waals surface area contributed by atoms with E-state index in [2.05, 4.69) is 31.2 Å². The zero-order chi connectivity index (χ0) is 15.7. The van der Waals surface area contributed by atoms with Crippen molar-refractivity contribution in [2.24, 2.45) is 12.5 Å². The molecule has 1 fully saturated rings. The largest absolute Gasteiger partial charge is 0.312 e. The number of aromatic nitrogens is 2. The molecule has 1 aromatic rings. The lowest BCUT2D eigenvalue weighted by Crippen LogP contribution is -2.46. The Morgan fingerprint density at radius 1 is 1.24 bits per heavy atom. The molecule has 3 nitrogen and oxygen atoms in total. The van der Waals surface area contributed by atoms with E-state index in [9.17, 15) is 0 Å². The van der Waals surface area contributed by atoms with E-state index in [-0.39, 0.29) is 5.54 Å². The SMILES string of the molecule is Cc1nn(C)c(CC2(CNC(C)(C)C)CCCCC2)c1Cl. The standard InChI is InChI=1S/C17H30ClN3/c1-13-15(18)14(21(5)20-13)11-17(9-7-6-8-10-17)12-19-16(2,3)4/h19H,6-12H2,1-5H3. The fourth-order valence-corrected chi connectivity index (χ4v) is 3.62. The summed E-state index contributed by atoms with van der Waals surface area (Å²) in [6.45, 7) is 9.78. The van der Waals surface area contributed by atoms with Crippen LogP contribution in [0.15, 0.2) is 0 Å². The summed E-state index contributed by atoms with van der Waals surface area (Å²) in [4.78, 5) is 0. The van der Waals surface area contributed by atoms with Crippen molar-refractivity contribution < 1.29 is 0 Å². The first-order valence-corrected chi connectivity index (χ1v) is 8.53. The number of hydrogen-bond donors (Lipinski definition) is 1. The van der Waals surface area contributed by atoms with Crippen LogP contribution in [0, 0.1) is 12.3 Å². The molecule has 21 heavy (non-hydrogen) atoms. The fourth-order valence-electron chi connectivity index (χ4n) is 3.40. The molecule has 0 spiro atoms. The van der Waals surface area contributed by atoms with Gasteiger partial charge in [0.15, 0.2) is 0 Å². The number of aryl methyl sites for hydroxylation is 2. The van der Waals surface area contributed by atoms with Crippen LogP contribution in [0.3, 0.4) is 0 Å². The lowest BCUT2D eigenvalue weighted by molar-refractivity contribution is 0.162. The summed E-state index contributed by atoms with van der Waals surface area (Å²) in [5, 5.41) is 9.07. The third kappa shape index (κ3) is 4.23. The Balaban J connectivity index is 2.19. The maximum Gasteiger partial charge on any atom is 0.0847 e. The first-order chi connectivity index (χ1) is 9.72. The minimum atomic E-state index is 0.163. The maximum atomic E-state index is 6.48. The van der Waals surface area contributed by atoms with Crippen molar-refractivity contribution in [2.45, 2.75) is 71.8 Å². The molecule has 1 aliphatic rings. The Kier molecular flexibility index (Phi) is 5.04. The Labute approximate surface area is 134 Å². The van der Waals surface area contributed by atoms with Crippen LogP contribution in [0.4, 0.5) is 0 Å². The molecule has 0 radical (unpaired) electrons. The minimum Gasteiger partial charge on any atom is -0.312 e. The van der Waals surface area contributed by atoms with Crippen molar-refractivity contribution in [3.63, 3.8) is 0 Å². The van der Waals surface area contributed by atoms with E-state index < -0.39 is 0 Å². The van der Waals surface area contributed by atoms with Gasteiger partial charge >= 0.3 is 0 Å². The first kappa shape index (κ1) is 16.8. The molecule has 0 aromatic carbocycles. The van der Waals surface area contributed by atoms with Crippen LogP contribution in [0.5, 0.6) is 0 Å². The van der Waals surface area contributed by atoms with E-state index in [1.54, 1.807) is 0 Å². The molecule has 0 saturated heterocycles. The summed E-state index contributed by atoms with van der Waals surface area (Å²) in [7, 11) is 2.02. The van der Waals surface area contributed by atoms with Crippen molar-refractivity contribution in [3.8, 4) is 0 Å². The highest BCUT2D eigenvalue weighted by atomic mass is 35.5. The van der Waals surface area contributed by atoms with Gasteiger partial charge in [-0.3, -0.25) is 4.68 Å². The average Bonchev–Trinajstić information content (AvgIpc) is 2.64. The third-order valence-corrected chi connectivity index (χ3v) is 5.20. The van der Waals surface area contributed by atoms with Crippen LogP contribution in [0.1, 0.15) is 64.3 Å². The second-order valence-corrected chi connectivity index (χ2v) is 8.19. The smallest absolute Gasteiger partial charge is 0.0847 e. The molecule has 0 amide bonds. The number of nitrogens with one attached hydrogen (secondary N) is 1. The van der Waals surface area contributed by atoms with Gasteiger partial charge in [-0.2, -0.15) is 5.10 Å². The molecule has 0 aliphatic heterocycles. The predicted molar refractivity (Wildman–Crippen MR) is 89.9 cm³/mol. The van der Waals surface area contributed by atoms with Crippen LogP contribution in [0.25, 0.3) is 0 Å². The average molecular weight is 312 g/mol. The van der Waals surface area contributed by atoms with Gasteiger partial charge in [0.25, 0.3) is 0 Å². The number of hydrogen-bond acceptors (Lipinski definition) is 2. The van der Waals surface area contributed by atoms with Gasteiger partial charge in [-0.15, -0.1) is 0 Å². The molecule has 1 saturated carbocycles. The van der Waals surface area contributed by atoms with Gasteiger partial charge in [-0.05, 0) is 52.4 Å². The van der Waals surface area contributed by atoms with Gasteiger partial charge in [0.2, 0.25) is 0 Å². The van der Waals surface area contributed by atoms with Crippen LogP contribution in [-0.4, -0.2) is 21.9 Å². The van der Waals surface area contributed by atoms with E-state index in [1.807, 2.05) is 18.7 Å². The van der Waals surface area contributed by atoms with Crippen molar-refractivity contribution in [1.29, 1.82) is 0 Å². The maximum absolute atomic E-state index is 6.48. The zero-order valence-corrected chi connectivity index (χ0v) is 15.0. The van der Waals surface area contributed by atoms with Crippen molar-refractivity contribution in [1.82, 2.24) is 15.1 Å². The molecule has 0 bridgehead atoms. The lowest BCUT2D eigenvalue weighted by Gasteiger charge is -2.40. The monoisotopic (exact) mass is 311 g/mol. The van der Waals surface area contributed by atoms with Gasteiger partial charge < -0.3 is 5.32 Å². The van der Waals surface area contributed by atoms with Crippen LogP contribution in [-0.2, 0) is 13.5 Å². The molecular formula is C17H30ClN3. The predicted octanol–water partition coefficient (Wildman–Crippen LogP) is 4.26. The molecule has 0 unspecified atom stereocenters. The summed E-state index contributed by atoms with van der Waals surface area (Å²) in [5.41, 5.74) is 2.64. The van der Waals surface area contributed by atoms with Gasteiger partial charge in [-0.1, -0.05) is 30.9 Å². The molecule has 1 N–H and O–H groups in total. The summed E-state index contributed by atoms with van der Waals surface area (Å²) in [6.07, 6.45) is 7.65. The van der Waals surface area contributed by atoms with E-state index in [0.717, 1.165) is 23.7 Å². The summed E-state index contributed by atoms with van der Waals surface area (Å²) in [6, 6.07) is 0. The molecular weight excluding hydrogens is 282 g/mol. The van der Waals surface area contributed by atoms with Crippen LogP contribution in [0.2, 0.25) is 5.02 Å². The van der Waals surface area contributed by atoms with Crippen molar-refractivity contribution in [2.75, 3.05) is 6.54 Å².